The van der Waals surface area contributed by atoms with Crippen molar-refractivity contribution in [1.82, 2.24) is 40.1 Å². The predicted molar refractivity (Wildman–Crippen MR) is 299 cm³/mol. The van der Waals surface area contributed by atoms with Crippen LogP contribution < -0.4 is 30.9 Å². The highest BCUT2D eigenvalue weighted by molar-refractivity contribution is 7.89. The van der Waals surface area contributed by atoms with Gasteiger partial charge in [0.2, 0.25) is 39.6 Å². The summed E-state index contributed by atoms with van der Waals surface area (Å²) in [6.07, 6.45) is 5.67. The number of nitrogens with zero attached hydrogens (tertiary/aromatic N) is 6. The Morgan fingerprint density at radius 1 is 0.816 bits per heavy atom. The number of nitrogens with one attached hydrogen (secondary N) is 5. The molecule has 5 aromatic rings. The number of hydrogen-bond acceptors (Lipinski definition) is 14. The molecule has 0 aliphatic carbocycles. The molecule has 0 spiro atoms. The first-order valence-corrected chi connectivity index (χ1v) is 28.6. The lowest BCUT2D eigenvalue weighted by Crippen LogP contribution is -2.57. The van der Waals surface area contributed by atoms with E-state index < -0.39 is 39.2 Å². The van der Waals surface area contributed by atoms with Crippen LogP contribution >= 0.6 is 11.3 Å². The molecule has 0 radical (unpaired) electrons. The number of β-amino-alcohol motifs (C(OH)–C–C–N with tert-alkyl or cyclic N) is 1. The number of carbonyl (C=O) groups excluding carboxylic acids is 4. The first kappa shape index (κ1) is 57.2. The van der Waals surface area contributed by atoms with Gasteiger partial charge in [0.25, 0.3) is 0 Å². The third-order valence-corrected chi connectivity index (χ3v) is 16.2. The van der Waals surface area contributed by atoms with Crippen LogP contribution in [0.4, 0.5) is 28.8 Å². The number of piperazine rings is 1. The predicted octanol–water partition coefficient (Wildman–Crippen LogP) is 7.97. The fraction of sp³-hybridized carbons (Fsp3) is 0.482. The number of benzene rings is 3. The van der Waals surface area contributed by atoms with Gasteiger partial charge in [0.1, 0.15) is 17.9 Å². The molecule has 1 unspecified atom stereocenters. The Bertz CT molecular complexity index is 2910. The topological polar surface area (TPSA) is 231 Å². The van der Waals surface area contributed by atoms with Gasteiger partial charge in [-0.25, -0.2) is 23.1 Å². The van der Waals surface area contributed by atoms with Crippen LogP contribution in [0.25, 0.3) is 10.4 Å². The van der Waals surface area contributed by atoms with E-state index in [1.165, 1.54) is 4.90 Å². The Morgan fingerprint density at radius 2 is 1.50 bits per heavy atom. The number of sulfonamides is 1. The van der Waals surface area contributed by atoms with Crippen LogP contribution in [0.5, 0.6) is 0 Å². The quantitative estimate of drug-likeness (QED) is 0.0384. The second-order valence-corrected chi connectivity index (χ2v) is 24.5. The van der Waals surface area contributed by atoms with E-state index in [4.69, 9.17) is 0 Å². The summed E-state index contributed by atoms with van der Waals surface area (Å²) in [4.78, 5) is 74.3. The average molecular weight is 1080 g/mol. The lowest BCUT2D eigenvalue weighted by atomic mass is 9.85. The van der Waals surface area contributed by atoms with E-state index in [1.807, 2.05) is 93.6 Å². The van der Waals surface area contributed by atoms with Gasteiger partial charge >= 0.3 is 0 Å². The number of likely N-dealkylation sites (tertiary alicyclic amines) is 1. The summed E-state index contributed by atoms with van der Waals surface area (Å²) in [6, 6.07) is 20.7. The number of anilines is 5. The number of hydrogen-bond donors (Lipinski definition) is 6. The number of aromatic nitrogens is 3. The number of aliphatic hydroxyl groups is 1. The molecule has 6 N–H and O–H groups in total. The molecule has 18 nitrogen and oxygen atoms in total. The molecule has 408 valence electrons. The zero-order chi connectivity index (χ0) is 54.8. The zero-order valence-electron chi connectivity index (χ0n) is 45.1. The lowest BCUT2D eigenvalue weighted by molar-refractivity contribution is -0.144. The average Bonchev–Trinajstić information content (AvgIpc) is 4.00. The summed E-state index contributed by atoms with van der Waals surface area (Å²) >= 11 is 1.58. The summed E-state index contributed by atoms with van der Waals surface area (Å²) in [7, 11) is -3.72. The van der Waals surface area contributed by atoms with Crippen LogP contribution in [0, 0.1) is 19.3 Å². The van der Waals surface area contributed by atoms with Crippen LogP contribution in [0.1, 0.15) is 110 Å². The van der Waals surface area contributed by atoms with Crippen molar-refractivity contribution >= 4 is 73.8 Å². The van der Waals surface area contributed by atoms with Crippen molar-refractivity contribution in [1.29, 1.82) is 0 Å². The van der Waals surface area contributed by atoms with Crippen molar-refractivity contribution in [3.05, 3.63) is 101 Å². The van der Waals surface area contributed by atoms with Crippen molar-refractivity contribution in [2.24, 2.45) is 5.41 Å². The minimum atomic E-state index is -3.72. The molecule has 3 atom stereocenters. The van der Waals surface area contributed by atoms with Crippen LogP contribution in [-0.2, 0) is 35.7 Å². The van der Waals surface area contributed by atoms with Gasteiger partial charge in [0.05, 0.1) is 27.1 Å². The monoisotopic (exact) mass is 1080 g/mol. The fourth-order valence-electron chi connectivity index (χ4n) is 9.33. The minimum Gasteiger partial charge on any atom is -0.391 e. The van der Waals surface area contributed by atoms with E-state index in [2.05, 4.69) is 45.8 Å². The summed E-state index contributed by atoms with van der Waals surface area (Å²) in [5, 5.41) is 23.0. The van der Waals surface area contributed by atoms with Crippen molar-refractivity contribution < 1.29 is 32.7 Å². The van der Waals surface area contributed by atoms with Crippen molar-refractivity contribution in [3.63, 3.8) is 0 Å². The van der Waals surface area contributed by atoms with Crippen LogP contribution in [0.15, 0.2) is 89.4 Å². The molecule has 0 saturated carbocycles. The third-order valence-electron chi connectivity index (χ3n) is 13.4. The first-order chi connectivity index (χ1) is 36.0. The molecule has 2 saturated heterocycles. The van der Waals surface area contributed by atoms with Gasteiger partial charge < -0.3 is 41.1 Å². The van der Waals surface area contributed by atoms with Crippen molar-refractivity contribution in [2.75, 3.05) is 48.3 Å². The molecule has 20 heteroatoms. The largest absolute Gasteiger partial charge is 0.391 e. The van der Waals surface area contributed by atoms with E-state index in [9.17, 15) is 32.7 Å². The Balaban J connectivity index is 0.783. The molecule has 76 heavy (non-hydrogen) atoms. The molecule has 2 fully saturated rings. The standard InChI is InChI=1S/C56H75N11O7S2/c1-37-33-58-54(63-51(37)60-42-15-14-16-45(31-42)76(73,74)64-56(6,7)8)61-41-23-25-43(26-24-41)65-27-29-66(30-28-65)48(70)18-13-11-9-10-12-17-47(69)62-50(55(3,4)5)53(72)67-35-44(68)32-46(67)52(71)57-34-39-19-21-40(22-20-39)49-38(2)59-36-75-49/h14-16,19-26,31,33,36,44,46,50,64,68H,9-13,17-18,27-30,32,34-35H2,1-8H3,(H,57,71)(H,62,69)(H2,58,60,61,63)/t44-,46+,50?/m1/s1. The van der Waals surface area contributed by atoms with Gasteiger partial charge in [-0.05, 0) is 106 Å². The van der Waals surface area contributed by atoms with Crippen LogP contribution in [0.2, 0.25) is 0 Å². The maximum absolute atomic E-state index is 14.1. The summed E-state index contributed by atoms with van der Waals surface area (Å²) in [5.74, 6) is 0.0990. The molecule has 2 aliphatic rings. The number of aliphatic hydroxyl groups excluding tert-OH is 1. The molecule has 0 bridgehead atoms. The van der Waals surface area contributed by atoms with E-state index in [1.54, 1.807) is 62.6 Å². The first-order valence-electron chi connectivity index (χ1n) is 26.2. The summed E-state index contributed by atoms with van der Waals surface area (Å²) < 4.78 is 28.6. The van der Waals surface area contributed by atoms with Gasteiger partial charge in [-0.1, -0.05) is 70.4 Å². The number of unbranched alkanes of at least 4 members (excludes halogenated alkanes) is 4. The van der Waals surface area contributed by atoms with E-state index >= 15 is 0 Å². The molecule has 2 aromatic heterocycles. The third kappa shape index (κ3) is 15.8. The van der Waals surface area contributed by atoms with Crippen molar-refractivity contribution in [2.45, 2.75) is 142 Å². The Hall–Kier alpha value is -6.48. The molecule has 4 amide bonds. The Kier molecular flexibility index (Phi) is 18.9. The number of rotatable bonds is 21. The van der Waals surface area contributed by atoms with E-state index in [0.29, 0.717) is 56.5 Å². The van der Waals surface area contributed by atoms with Gasteiger partial charge in [-0.3, -0.25) is 19.2 Å². The number of aryl methyl sites for hydroxylation is 2. The van der Waals surface area contributed by atoms with Crippen LogP contribution in [0.3, 0.4) is 0 Å². The van der Waals surface area contributed by atoms with E-state index in [-0.39, 0.29) is 54.5 Å². The van der Waals surface area contributed by atoms with Crippen molar-refractivity contribution in [3.8, 4) is 10.4 Å². The van der Waals surface area contributed by atoms with Gasteiger partial charge in [-0.2, -0.15) is 4.98 Å². The minimum absolute atomic E-state index is 0.0120. The highest BCUT2D eigenvalue weighted by Crippen LogP contribution is 2.30. The van der Waals surface area contributed by atoms with Gasteiger partial charge in [0, 0.05) is 92.9 Å². The van der Waals surface area contributed by atoms with Gasteiger partial charge in [0.15, 0.2) is 0 Å². The van der Waals surface area contributed by atoms with Crippen LogP contribution in [-0.4, -0.2) is 118 Å². The normalized spacial score (nSPS) is 16.6. The molecule has 2 aliphatic heterocycles. The molecule has 3 aromatic carbocycles. The molecular formula is C56H75N11O7S2. The smallest absolute Gasteiger partial charge is 0.246 e. The zero-order valence-corrected chi connectivity index (χ0v) is 46.7. The SMILES string of the molecule is Cc1cnc(Nc2ccc(N3CCN(C(=O)CCCCCCCC(=O)NC(C(=O)N4C[C@H](O)C[C@H]4C(=O)NCc4ccc(-c5scnc5C)cc4)C(C)(C)C)CC3)cc2)nc1Nc1cccc(S(=O)(=O)NC(C)(C)C)c1. The highest BCUT2D eigenvalue weighted by atomic mass is 32.2. The summed E-state index contributed by atoms with van der Waals surface area (Å²) in [5.41, 5.74) is 6.68. The highest BCUT2D eigenvalue weighted by Gasteiger charge is 2.44. The maximum Gasteiger partial charge on any atom is 0.246 e. The fourth-order valence-corrected chi connectivity index (χ4v) is 11.6. The molecule has 4 heterocycles. The number of thiazole rings is 1. The van der Waals surface area contributed by atoms with Gasteiger partial charge in [-0.15, -0.1) is 11.3 Å². The summed E-state index contributed by atoms with van der Waals surface area (Å²) in [6.45, 7) is 17.8. The number of amides is 4. The molecular weight excluding hydrogens is 1000 g/mol. The second kappa shape index (κ2) is 25.1. The maximum atomic E-state index is 14.1. The molecule has 7 rings (SSSR count). The Morgan fingerprint density at radius 3 is 2.16 bits per heavy atom. The van der Waals surface area contributed by atoms with E-state index in [0.717, 1.165) is 64.3 Å². The lowest BCUT2D eigenvalue weighted by Gasteiger charge is -2.36. The second-order valence-electron chi connectivity index (χ2n) is 22.0. The number of carbonyl (C=O) groups is 4. The Labute approximate surface area is 451 Å².